The zero-order valence-corrected chi connectivity index (χ0v) is 12.8. The zero-order valence-electron chi connectivity index (χ0n) is 12.8. The van der Waals surface area contributed by atoms with E-state index < -0.39 is 17.7 Å². The molecule has 0 radical (unpaired) electrons. The summed E-state index contributed by atoms with van der Waals surface area (Å²) in [6.45, 7) is 0. The Labute approximate surface area is 133 Å². The highest BCUT2D eigenvalue weighted by molar-refractivity contribution is 5.93. The minimum absolute atomic E-state index is 0.0939. The van der Waals surface area contributed by atoms with E-state index in [0.29, 0.717) is 24.9 Å². The molecule has 6 heteroatoms. The molecule has 2 atom stereocenters. The molecule has 5 nitrogen and oxygen atoms in total. The van der Waals surface area contributed by atoms with Gasteiger partial charge >= 0.3 is 5.97 Å². The van der Waals surface area contributed by atoms with E-state index in [-0.39, 0.29) is 23.7 Å². The van der Waals surface area contributed by atoms with E-state index in [4.69, 9.17) is 9.84 Å². The summed E-state index contributed by atoms with van der Waals surface area (Å²) in [5.74, 6) is -2.18. The normalized spacial score (nSPS) is 24.0. The number of hydrogen-bond donors (Lipinski definition) is 2. The third-order valence-corrected chi connectivity index (χ3v) is 4.70. The Morgan fingerprint density at radius 1 is 1.17 bits per heavy atom. The summed E-state index contributed by atoms with van der Waals surface area (Å²) in [7, 11) is 0. The Morgan fingerprint density at radius 2 is 1.91 bits per heavy atom. The van der Waals surface area contributed by atoms with Crippen LogP contribution in [0.15, 0.2) is 18.2 Å². The molecule has 0 bridgehead atoms. The Hall–Kier alpha value is -2.11. The van der Waals surface area contributed by atoms with Crippen molar-refractivity contribution in [1.82, 2.24) is 0 Å². The number of nitrogens with one attached hydrogen (secondary N) is 1. The average Bonchev–Trinajstić information content (AvgIpc) is 2.94. The summed E-state index contributed by atoms with van der Waals surface area (Å²) in [4.78, 5) is 23.1. The lowest BCUT2D eigenvalue weighted by Crippen LogP contribution is -2.25. The number of aliphatic carboxylic acids is 1. The van der Waals surface area contributed by atoms with Gasteiger partial charge in [-0.05, 0) is 50.7 Å². The van der Waals surface area contributed by atoms with Crippen LogP contribution in [0.5, 0.6) is 5.75 Å². The van der Waals surface area contributed by atoms with Gasteiger partial charge in [0.15, 0.2) is 11.6 Å². The van der Waals surface area contributed by atoms with E-state index in [2.05, 4.69) is 5.32 Å². The Balaban J connectivity index is 1.58. The van der Waals surface area contributed by atoms with Crippen LogP contribution in [0.2, 0.25) is 0 Å². The van der Waals surface area contributed by atoms with Gasteiger partial charge in [-0.25, -0.2) is 4.39 Å². The third-order valence-electron chi connectivity index (χ3n) is 4.70. The van der Waals surface area contributed by atoms with Gasteiger partial charge in [0, 0.05) is 17.7 Å². The van der Waals surface area contributed by atoms with Crippen LogP contribution < -0.4 is 10.1 Å². The summed E-state index contributed by atoms with van der Waals surface area (Å²) in [5, 5.41) is 11.6. The number of carbonyl (C=O) groups excluding carboxylic acids is 1. The second-order valence-corrected chi connectivity index (χ2v) is 6.35. The van der Waals surface area contributed by atoms with Crippen LogP contribution in [0.3, 0.4) is 0 Å². The molecular weight excluding hydrogens is 301 g/mol. The smallest absolute Gasteiger partial charge is 0.306 e. The quantitative estimate of drug-likeness (QED) is 0.873. The molecule has 0 unspecified atom stereocenters. The summed E-state index contributed by atoms with van der Waals surface area (Å²) in [6, 6.07) is 4.38. The molecule has 23 heavy (non-hydrogen) atoms. The van der Waals surface area contributed by atoms with E-state index >= 15 is 0 Å². The Kier molecular flexibility index (Phi) is 4.50. The van der Waals surface area contributed by atoms with Gasteiger partial charge in [-0.3, -0.25) is 9.59 Å². The van der Waals surface area contributed by atoms with E-state index in [1.165, 1.54) is 12.1 Å². The standard InChI is InChI=1S/C17H20FNO4/c18-14-9-12(6-7-15(14)23-13-2-1-3-13)19-16(20)10-4-5-11(8-10)17(21)22/h6-7,9-11,13H,1-5,8H2,(H,19,20)(H,21,22)/t10-,11+/m0/s1. The van der Waals surface area contributed by atoms with Crippen LogP contribution >= 0.6 is 0 Å². The third kappa shape index (κ3) is 3.63. The predicted molar refractivity (Wildman–Crippen MR) is 81.8 cm³/mol. The maximum absolute atomic E-state index is 14.0. The maximum atomic E-state index is 14.0. The molecule has 124 valence electrons. The van der Waals surface area contributed by atoms with Crippen molar-refractivity contribution in [2.24, 2.45) is 11.8 Å². The number of carboxylic acid groups (broad SMARTS) is 1. The summed E-state index contributed by atoms with van der Waals surface area (Å²) in [6.07, 6.45) is 4.50. The number of benzene rings is 1. The lowest BCUT2D eigenvalue weighted by Gasteiger charge is -2.26. The fraction of sp³-hybridized carbons (Fsp3) is 0.529. The lowest BCUT2D eigenvalue weighted by molar-refractivity contribution is -0.141. The van der Waals surface area contributed by atoms with Crippen molar-refractivity contribution in [1.29, 1.82) is 0 Å². The van der Waals surface area contributed by atoms with Gasteiger partial charge in [-0.2, -0.15) is 0 Å². The van der Waals surface area contributed by atoms with Crippen molar-refractivity contribution in [3.8, 4) is 5.75 Å². The number of carboxylic acids is 1. The van der Waals surface area contributed by atoms with Gasteiger partial charge < -0.3 is 15.2 Å². The molecule has 0 heterocycles. The van der Waals surface area contributed by atoms with E-state index in [0.717, 1.165) is 19.3 Å². The second kappa shape index (κ2) is 6.56. The van der Waals surface area contributed by atoms with E-state index in [1.807, 2.05) is 0 Å². The number of anilines is 1. The van der Waals surface area contributed by atoms with Crippen LogP contribution in [-0.2, 0) is 9.59 Å². The molecule has 1 aromatic rings. The highest BCUT2D eigenvalue weighted by Crippen LogP contribution is 2.33. The number of amides is 1. The molecule has 2 saturated carbocycles. The summed E-state index contributed by atoms with van der Waals surface area (Å²) < 4.78 is 19.5. The van der Waals surface area contributed by atoms with E-state index in [9.17, 15) is 14.0 Å². The Bertz CT molecular complexity index is 615. The monoisotopic (exact) mass is 321 g/mol. The molecule has 1 aromatic carbocycles. The number of rotatable bonds is 5. The molecule has 2 aliphatic rings. The van der Waals surface area contributed by atoms with Gasteiger partial charge in [-0.1, -0.05) is 0 Å². The molecule has 0 saturated heterocycles. The van der Waals surface area contributed by atoms with Crippen molar-refractivity contribution >= 4 is 17.6 Å². The molecule has 0 aromatic heterocycles. The van der Waals surface area contributed by atoms with E-state index in [1.54, 1.807) is 6.07 Å². The maximum Gasteiger partial charge on any atom is 0.306 e. The number of carbonyl (C=O) groups is 2. The highest BCUT2D eigenvalue weighted by Gasteiger charge is 2.33. The van der Waals surface area contributed by atoms with Gasteiger partial charge in [0.2, 0.25) is 5.91 Å². The first-order valence-electron chi connectivity index (χ1n) is 8.03. The molecule has 2 N–H and O–H groups in total. The molecular formula is C17H20FNO4. The lowest BCUT2D eigenvalue weighted by atomic mass is 9.96. The SMILES string of the molecule is O=C(O)[C@@H]1CC[C@H](C(=O)Nc2ccc(OC3CCC3)c(F)c2)C1. The Morgan fingerprint density at radius 3 is 2.48 bits per heavy atom. The highest BCUT2D eigenvalue weighted by atomic mass is 19.1. The molecule has 2 aliphatic carbocycles. The first-order chi connectivity index (χ1) is 11.0. The minimum atomic E-state index is -0.858. The van der Waals surface area contributed by atoms with Crippen LogP contribution in [0.1, 0.15) is 38.5 Å². The first-order valence-corrected chi connectivity index (χ1v) is 8.03. The van der Waals surface area contributed by atoms with Crippen LogP contribution in [0.4, 0.5) is 10.1 Å². The number of hydrogen-bond acceptors (Lipinski definition) is 3. The fourth-order valence-electron chi connectivity index (χ4n) is 3.03. The predicted octanol–water partition coefficient (Wildman–Crippen LogP) is 3.20. The number of halogens is 1. The van der Waals surface area contributed by atoms with Crippen LogP contribution in [0, 0.1) is 17.7 Å². The topological polar surface area (TPSA) is 75.6 Å². The van der Waals surface area contributed by atoms with Crippen molar-refractivity contribution in [3.05, 3.63) is 24.0 Å². The van der Waals surface area contributed by atoms with Crippen LogP contribution in [0.25, 0.3) is 0 Å². The first kappa shape index (κ1) is 15.8. The molecule has 0 spiro atoms. The van der Waals surface area contributed by atoms with Gasteiger partial charge in [0.25, 0.3) is 0 Å². The second-order valence-electron chi connectivity index (χ2n) is 6.35. The summed E-state index contributed by atoms with van der Waals surface area (Å²) >= 11 is 0. The zero-order chi connectivity index (χ0) is 16.4. The molecule has 1 amide bonds. The van der Waals surface area contributed by atoms with Crippen molar-refractivity contribution < 1.29 is 23.8 Å². The molecule has 3 rings (SSSR count). The molecule has 2 fully saturated rings. The van der Waals surface area contributed by atoms with Crippen LogP contribution in [-0.4, -0.2) is 23.1 Å². The van der Waals surface area contributed by atoms with Crippen molar-refractivity contribution in [3.63, 3.8) is 0 Å². The van der Waals surface area contributed by atoms with Crippen molar-refractivity contribution in [2.45, 2.75) is 44.6 Å². The molecule has 0 aliphatic heterocycles. The minimum Gasteiger partial charge on any atom is -0.487 e. The average molecular weight is 321 g/mol. The van der Waals surface area contributed by atoms with Crippen molar-refractivity contribution in [2.75, 3.05) is 5.32 Å². The largest absolute Gasteiger partial charge is 0.487 e. The van der Waals surface area contributed by atoms with Gasteiger partial charge in [0.1, 0.15) is 0 Å². The van der Waals surface area contributed by atoms with Gasteiger partial charge in [-0.15, -0.1) is 0 Å². The fourth-order valence-corrected chi connectivity index (χ4v) is 3.03. The summed E-state index contributed by atoms with van der Waals surface area (Å²) in [5.41, 5.74) is 0.368. The number of ether oxygens (including phenoxy) is 1. The van der Waals surface area contributed by atoms with Gasteiger partial charge in [0.05, 0.1) is 12.0 Å².